The van der Waals surface area contributed by atoms with Crippen molar-refractivity contribution in [3.05, 3.63) is 53.9 Å². The fourth-order valence-corrected chi connectivity index (χ4v) is 3.39. The molecule has 0 saturated heterocycles. The van der Waals surface area contributed by atoms with E-state index in [0.29, 0.717) is 17.6 Å². The zero-order chi connectivity index (χ0) is 19.9. The number of carbonyl (C=O) groups is 1. The smallest absolute Gasteiger partial charge is 0.316 e. The van der Waals surface area contributed by atoms with Crippen molar-refractivity contribution in [2.24, 2.45) is 0 Å². The Balaban J connectivity index is 1.91. The molecule has 1 aromatic carbocycles. The van der Waals surface area contributed by atoms with Crippen LogP contribution in [0.4, 0.5) is 0 Å². The van der Waals surface area contributed by atoms with E-state index < -0.39 is 0 Å². The van der Waals surface area contributed by atoms with Crippen LogP contribution in [0.5, 0.6) is 0 Å². The fourth-order valence-electron chi connectivity index (χ4n) is 2.64. The van der Waals surface area contributed by atoms with Gasteiger partial charge in [-0.2, -0.15) is 0 Å². The minimum Gasteiger partial charge on any atom is -0.465 e. The number of aromatic nitrogens is 4. The summed E-state index contributed by atoms with van der Waals surface area (Å²) < 4.78 is 7.23. The number of pyridine rings is 1. The predicted molar refractivity (Wildman–Crippen MR) is 111 cm³/mol. The third kappa shape index (κ3) is 4.78. The summed E-state index contributed by atoms with van der Waals surface area (Å²) in [6, 6.07) is 10.0. The van der Waals surface area contributed by atoms with Gasteiger partial charge in [0.05, 0.1) is 18.0 Å². The maximum absolute atomic E-state index is 12.0. The van der Waals surface area contributed by atoms with E-state index in [1.165, 1.54) is 22.9 Å². The quantitative estimate of drug-likeness (QED) is 0.320. The monoisotopic (exact) mass is 396 g/mol. The van der Waals surface area contributed by atoms with Gasteiger partial charge in [-0.3, -0.25) is 14.3 Å². The lowest BCUT2D eigenvalue weighted by Gasteiger charge is -2.12. The first kappa shape index (κ1) is 20.1. The normalized spacial score (nSPS) is 10.8. The Kier molecular flexibility index (Phi) is 6.81. The van der Waals surface area contributed by atoms with Crippen LogP contribution in [0.15, 0.2) is 47.9 Å². The van der Waals surface area contributed by atoms with Gasteiger partial charge in [-0.05, 0) is 55.7 Å². The second kappa shape index (κ2) is 9.50. The molecule has 7 heteroatoms. The number of thioether (sulfide) groups is 1. The van der Waals surface area contributed by atoms with Crippen LogP contribution >= 0.6 is 11.8 Å². The molecule has 0 fully saturated rings. The van der Waals surface area contributed by atoms with Crippen LogP contribution in [0.3, 0.4) is 0 Å². The van der Waals surface area contributed by atoms with E-state index >= 15 is 0 Å². The summed E-state index contributed by atoms with van der Waals surface area (Å²) in [6.07, 6.45) is 5.33. The number of ether oxygens (including phenoxy) is 1. The molecule has 3 aromatic rings. The van der Waals surface area contributed by atoms with Crippen molar-refractivity contribution in [2.75, 3.05) is 12.4 Å². The highest BCUT2D eigenvalue weighted by Gasteiger charge is 2.18. The van der Waals surface area contributed by atoms with Crippen molar-refractivity contribution in [2.45, 2.75) is 38.8 Å². The lowest BCUT2D eigenvalue weighted by atomic mass is 10.1. The number of esters is 1. The average molecular weight is 397 g/mol. The predicted octanol–water partition coefficient (Wildman–Crippen LogP) is 4.38. The number of nitrogens with zero attached hydrogens (tertiary/aromatic N) is 4. The Labute approximate surface area is 169 Å². The Hall–Kier alpha value is -2.67. The molecule has 0 spiro atoms. The van der Waals surface area contributed by atoms with E-state index in [1.54, 1.807) is 12.4 Å². The molecule has 0 atom stereocenters. The second-order valence-corrected chi connectivity index (χ2v) is 7.45. The van der Waals surface area contributed by atoms with Gasteiger partial charge >= 0.3 is 5.97 Å². The maximum atomic E-state index is 12.0. The Morgan fingerprint density at radius 2 is 1.89 bits per heavy atom. The van der Waals surface area contributed by atoms with Gasteiger partial charge < -0.3 is 4.74 Å². The summed E-state index contributed by atoms with van der Waals surface area (Å²) in [5.41, 5.74) is 4.28. The molecule has 0 aliphatic rings. The van der Waals surface area contributed by atoms with Crippen molar-refractivity contribution in [3.63, 3.8) is 0 Å². The summed E-state index contributed by atoms with van der Waals surface area (Å²) in [5.74, 6) is 0.675. The number of unbranched alkanes of at least 4 members (excludes halogenated alkanes) is 1. The fraction of sp³-hybridized carbons (Fsp3) is 0.333. The van der Waals surface area contributed by atoms with E-state index in [-0.39, 0.29) is 11.7 Å². The molecule has 3 rings (SSSR count). The molecule has 0 bridgehead atoms. The molecular weight excluding hydrogens is 372 g/mol. The van der Waals surface area contributed by atoms with Gasteiger partial charge in [0.15, 0.2) is 11.0 Å². The molecule has 0 radical (unpaired) electrons. The highest BCUT2D eigenvalue weighted by molar-refractivity contribution is 7.99. The van der Waals surface area contributed by atoms with Gasteiger partial charge in [0, 0.05) is 18.0 Å². The molecule has 2 heterocycles. The molecule has 0 aliphatic heterocycles. The highest BCUT2D eigenvalue weighted by atomic mass is 32.2. The molecule has 0 unspecified atom stereocenters. The van der Waals surface area contributed by atoms with E-state index in [4.69, 9.17) is 4.74 Å². The largest absolute Gasteiger partial charge is 0.465 e. The van der Waals surface area contributed by atoms with Gasteiger partial charge in [-0.15, -0.1) is 10.2 Å². The van der Waals surface area contributed by atoms with Crippen molar-refractivity contribution >= 4 is 17.7 Å². The summed E-state index contributed by atoms with van der Waals surface area (Å²) in [5, 5.41) is 9.37. The lowest BCUT2D eigenvalue weighted by Crippen LogP contribution is -2.09. The summed E-state index contributed by atoms with van der Waals surface area (Å²) in [7, 11) is 0. The summed E-state index contributed by atoms with van der Waals surface area (Å²) in [6.45, 7) is 6.68. The van der Waals surface area contributed by atoms with Gasteiger partial charge in [-0.25, -0.2) is 0 Å². The van der Waals surface area contributed by atoms with Crippen molar-refractivity contribution in [1.29, 1.82) is 0 Å². The second-order valence-electron chi connectivity index (χ2n) is 6.51. The summed E-state index contributed by atoms with van der Waals surface area (Å²) in [4.78, 5) is 16.1. The van der Waals surface area contributed by atoms with Gasteiger partial charge in [0.1, 0.15) is 0 Å². The van der Waals surface area contributed by atoms with Gasteiger partial charge in [0.25, 0.3) is 0 Å². The molecule has 0 saturated carbocycles. The van der Waals surface area contributed by atoms with Crippen molar-refractivity contribution < 1.29 is 9.53 Å². The topological polar surface area (TPSA) is 69.9 Å². The standard InChI is InChI=1S/C21H24N4O2S/c1-4-5-12-27-19(26)14-28-21-24-23-20(17-8-10-22-11-9-17)25(21)18-7-6-15(2)16(3)13-18/h6-11,13H,4-5,12,14H2,1-3H3. The minimum atomic E-state index is -0.237. The number of benzene rings is 1. The van der Waals surface area contributed by atoms with E-state index in [1.807, 2.05) is 22.8 Å². The minimum absolute atomic E-state index is 0.197. The Morgan fingerprint density at radius 1 is 1.11 bits per heavy atom. The first-order valence-electron chi connectivity index (χ1n) is 9.32. The van der Waals surface area contributed by atoms with Gasteiger partial charge in [0.2, 0.25) is 0 Å². The molecule has 146 valence electrons. The third-order valence-electron chi connectivity index (χ3n) is 4.40. The zero-order valence-electron chi connectivity index (χ0n) is 16.4. The first-order valence-corrected chi connectivity index (χ1v) is 10.3. The lowest BCUT2D eigenvalue weighted by molar-refractivity contribution is -0.140. The SMILES string of the molecule is CCCCOC(=O)CSc1nnc(-c2ccncc2)n1-c1ccc(C)c(C)c1. The van der Waals surface area contributed by atoms with Crippen LogP contribution in [0.2, 0.25) is 0 Å². The summed E-state index contributed by atoms with van der Waals surface area (Å²) >= 11 is 1.33. The Bertz CT molecular complexity index is 941. The number of carbonyl (C=O) groups excluding carboxylic acids is 1. The van der Waals surface area contributed by atoms with E-state index in [2.05, 4.69) is 48.1 Å². The average Bonchev–Trinajstić information content (AvgIpc) is 3.13. The molecule has 0 N–H and O–H groups in total. The van der Waals surface area contributed by atoms with Crippen LogP contribution in [0.25, 0.3) is 17.1 Å². The molecule has 6 nitrogen and oxygen atoms in total. The molecule has 0 aliphatic carbocycles. The zero-order valence-corrected chi connectivity index (χ0v) is 17.2. The van der Waals surface area contributed by atoms with E-state index in [0.717, 1.165) is 24.1 Å². The van der Waals surface area contributed by atoms with Crippen LogP contribution in [-0.2, 0) is 9.53 Å². The number of hydrogen-bond acceptors (Lipinski definition) is 6. The maximum Gasteiger partial charge on any atom is 0.316 e. The number of rotatable bonds is 8. The molecular formula is C21H24N4O2S. The van der Waals surface area contributed by atoms with Crippen molar-refractivity contribution in [1.82, 2.24) is 19.7 Å². The molecule has 28 heavy (non-hydrogen) atoms. The highest BCUT2D eigenvalue weighted by Crippen LogP contribution is 2.28. The molecule has 0 amide bonds. The van der Waals surface area contributed by atoms with Crippen LogP contribution < -0.4 is 0 Å². The molecule has 2 aromatic heterocycles. The third-order valence-corrected chi connectivity index (χ3v) is 5.30. The van der Waals surface area contributed by atoms with Crippen molar-refractivity contribution in [3.8, 4) is 17.1 Å². The van der Waals surface area contributed by atoms with Crippen LogP contribution in [-0.4, -0.2) is 38.1 Å². The number of hydrogen-bond donors (Lipinski definition) is 0. The van der Waals surface area contributed by atoms with Crippen LogP contribution in [0.1, 0.15) is 30.9 Å². The Morgan fingerprint density at radius 3 is 2.61 bits per heavy atom. The van der Waals surface area contributed by atoms with Gasteiger partial charge in [-0.1, -0.05) is 31.2 Å². The number of aryl methyl sites for hydroxylation is 2. The first-order chi connectivity index (χ1) is 13.6. The van der Waals surface area contributed by atoms with Crippen LogP contribution in [0, 0.1) is 13.8 Å². The van der Waals surface area contributed by atoms with E-state index in [9.17, 15) is 4.79 Å².